The Morgan fingerprint density at radius 3 is 3.04 bits per heavy atom. The molecule has 1 aromatic heterocycles. The highest BCUT2D eigenvalue weighted by molar-refractivity contribution is 5.71. The van der Waals surface area contributed by atoms with E-state index in [0.717, 1.165) is 61.5 Å². The second-order valence-corrected chi connectivity index (χ2v) is 7.21. The number of hydrogen-bond donors (Lipinski definition) is 1. The fourth-order valence-electron chi connectivity index (χ4n) is 3.73. The molecule has 28 heavy (non-hydrogen) atoms. The standard InChI is InChI=1S/C23H24N4O/c1-17-7-8-18-9-10-22(26-23(18)25-17)28-14-3-2-12-27-13-11-21-19(15-24)5-4-6-20(21)16-27/h4-10H,1-3,11-14,16H2,(H,25,26). The molecular formula is C23H24N4O. The molecule has 0 spiro atoms. The Labute approximate surface area is 166 Å². The molecular weight excluding hydrogens is 348 g/mol. The number of ether oxygens (including phenoxy) is 1. The zero-order chi connectivity index (χ0) is 19.3. The van der Waals surface area contributed by atoms with Crippen molar-refractivity contribution < 1.29 is 4.74 Å². The van der Waals surface area contributed by atoms with Crippen molar-refractivity contribution in [3.63, 3.8) is 0 Å². The van der Waals surface area contributed by atoms with Crippen molar-refractivity contribution in [2.75, 3.05) is 25.0 Å². The van der Waals surface area contributed by atoms with Crippen LogP contribution in [0.4, 0.5) is 5.82 Å². The van der Waals surface area contributed by atoms with E-state index in [1.165, 1.54) is 11.1 Å². The minimum Gasteiger partial charge on any atom is -0.478 e. The molecule has 2 aliphatic rings. The molecule has 0 fully saturated rings. The van der Waals surface area contributed by atoms with Crippen LogP contribution in [0.3, 0.4) is 0 Å². The Balaban J connectivity index is 1.22. The normalized spacial score (nSPS) is 15.3. The summed E-state index contributed by atoms with van der Waals surface area (Å²) in [5, 5.41) is 12.4. The van der Waals surface area contributed by atoms with E-state index in [2.05, 4.69) is 33.9 Å². The van der Waals surface area contributed by atoms with Crippen molar-refractivity contribution in [1.82, 2.24) is 9.88 Å². The van der Waals surface area contributed by atoms with E-state index in [9.17, 15) is 5.26 Å². The van der Waals surface area contributed by atoms with Crippen molar-refractivity contribution >= 4 is 11.9 Å². The summed E-state index contributed by atoms with van der Waals surface area (Å²) in [7, 11) is 0. The average molecular weight is 372 g/mol. The number of anilines is 1. The van der Waals surface area contributed by atoms with Crippen molar-refractivity contribution in [1.29, 1.82) is 5.26 Å². The molecule has 2 aromatic rings. The van der Waals surface area contributed by atoms with Gasteiger partial charge in [0.15, 0.2) is 0 Å². The predicted molar refractivity (Wildman–Crippen MR) is 111 cm³/mol. The van der Waals surface area contributed by atoms with Gasteiger partial charge in [0.25, 0.3) is 0 Å². The van der Waals surface area contributed by atoms with Crippen LogP contribution in [0.1, 0.15) is 35.1 Å². The third kappa shape index (κ3) is 4.08. The number of aromatic nitrogens is 1. The molecule has 0 atom stereocenters. The van der Waals surface area contributed by atoms with Gasteiger partial charge in [0, 0.05) is 30.4 Å². The zero-order valence-corrected chi connectivity index (χ0v) is 15.9. The van der Waals surface area contributed by atoms with E-state index in [-0.39, 0.29) is 0 Å². The fourth-order valence-corrected chi connectivity index (χ4v) is 3.73. The lowest BCUT2D eigenvalue weighted by molar-refractivity contribution is 0.233. The Bertz CT molecular complexity index is 958. The van der Waals surface area contributed by atoms with E-state index >= 15 is 0 Å². The minimum atomic E-state index is 0.644. The van der Waals surface area contributed by atoms with Gasteiger partial charge in [0.2, 0.25) is 5.88 Å². The number of rotatable bonds is 6. The molecule has 0 saturated heterocycles. The first-order valence-electron chi connectivity index (χ1n) is 9.74. The third-order valence-corrected chi connectivity index (χ3v) is 5.23. The van der Waals surface area contributed by atoms with Gasteiger partial charge in [-0.25, -0.2) is 0 Å². The van der Waals surface area contributed by atoms with Crippen LogP contribution < -0.4 is 10.1 Å². The van der Waals surface area contributed by atoms with E-state index in [1.807, 2.05) is 36.4 Å². The highest BCUT2D eigenvalue weighted by Gasteiger charge is 2.18. The zero-order valence-electron chi connectivity index (χ0n) is 15.9. The summed E-state index contributed by atoms with van der Waals surface area (Å²) in [5.41, 5.74) is 5.24. The third-order valence-electron chi connectivity index (χ3n) is 5.23. The van der Waals surface area contributed by atoms with Crippen molar-refractivity contribution in [3.05, 3.63) is 70.9 Å². The van der Waals surface area contributed by atoms with Crippen LogP contribution in [0.5, 0.6) is 5.88 Å². The number of nitriles is 1. The molecule has 4 rings (SSSR count). The molecule has 3 heterocycles. The molecule has 0 amide bonds. The fraction of sp³-hybridized carbons (Fsp3) is 0.304. The monoisotopic (exact) mass is 372 g/mol. The van der Waals surface area contributed by atoms with Gasteiger partial charge in [-0.05, 0) is 61.2 Å². The maximum Gasteiger partial charge on any atom is 0.215 e. The van der Waals surface area contributed by atoms with Gasteiger partial charge < -0.3 is 10.1 Å². The quantitative estimate of drug-likeness (QED) is 0.773. The molecule has 1 N–H and O–H groups in total. The summed E-state index contributed by atoms with van der Waals surface area (Å²) in [6.45, 7) is 7.55. The molecule has 2 aliphatic heterocycles. The molecule has 142 valence electrons. The van der Waals surface area contributed by atoms with E-state index in [4.69, 9.17) is 4.74 Å². The molecule has 5 nitrogen and oxygen atoms in total. The summed E-state index contributed by atoms with van der Waals surface area (Å²) in [5.74, 6) is 1.44. The number of nitrogens with zero attached hydrogens (tertiary/aromatic N) is 3. The lowest BCUT2D eigenvalue weighted by atomic mass is 9.95. The summed E-state index contributed by atoms with van der Waals surface area (Å²) >= 11 is 0. The topological polar surface area (TPSA) is 61.2 Å². The second kappa shape index (κ2) is 8.28. The molecule has 0 bridgehead atoms. The number of allylic oxidation sites excluding steroid dienone is 1. The van der Waals surface area contributed by atoms with Crippen molar-refractivity contribution in [2.24, 2.45) is 0 Å². The van der Waals surface area contributed by atoms with Gasteiger partial charge in [-0.2, -0.15) is 10.2 Å². The van der Waals surface area contributed by atoms with Gasteiger partial charge in [-0.1, -0.05) is 18.7 Å². The summed E-state index contributed by atoms with van der Waals surface area (Å²) < 4.78 is 5.82. The SMILES string of the molecule is C=C1C=Cc2ccc(OCCCCN3CCc4c(C#N)cccc4C3)nc2N1. The lowest BCUT2D eigenvalue weighted by Gasteiger charge is -2.29. The van der Waals surface area contributed by atoms with Crippen LogP contribution in [0, 0.1) is 11.3 Å². The second-order valence-electron chi connectivity index (χ2n) is 7.21. The molecule has 5 heteroatoms. The number of pyridine rings is 1. The molecule has 0 unspecified atom stereocenters. The number of nitrogens with one attached hydrogen (secondary N) is 1. The van der Waals surface area contributed by atoms with Gasteiger partial charge in [0.1, 0.15) is 5.82 Å². The molecule has 0 saturated carbocycles. The Morgan fingerprint density at radius 1 is 1.21 bits per heavy atom. The highest BCUT2D eigenvalue weighted by atomic mass is 16.5. The Kier molecular flexibility index (Phi) is 5.41. The van der Waals surface area contributed by atoms with E-state index in [0.29, 0.717) is 12.5 Å². The summed E-state index contributed by atoms with van der Waals surface area (Å²) in [6, 6.07) is 12.3. The number of benzene rings is 1. The Morgan fingerprint density at radius 2 is 2.14 bits per heavy atom. The van der Waals surface area contributed by atoms with Gasteiger partial charge in [0.05, 0.1) is 18.2 Å². The van der Waals surface area contributed by atoms with Crippen molar-refractivity contribution in [3.8, 4) is 11.9 Å². The van der Waals surface area contributed by atoms with E-state index < -0.39 is 0 Å². The maximum atomic E-state index is 9.24. The van der Waals surface area contributed by atoms with Crippen LogP contribution in [0.15, 0.2) is 48.7 Å². The van der Waals surface area contributed by atoms with Crippen LogP contribution in [-0.2, 0) is 13.0 Å². The average Bonchev–Trinajstić information content (AvgIpc) is 2.72. The molecule has 0 aliphatic carbocycles. The molecule has 1 aromatic carbocycles. The van der Waals surface area contributed by atoms with Crippen LogP contribution in [0.2, 0.25) is 0 Å². The number of fused-ring (bicyclic) bond motifs is 2. The van der Waals surface area contributed by atoms with Crippen LogP contribution in [-0.4, -0.2) is 29.6 Å². The van der Waals surface area contributed by atoms with Gasteiger partial charge in [-0.3, -0.25) is 4.90 Å². The minimum absolute atomic E-state index is 0.644. The lowest BCUT2D eigenvalue weighted by Crippen LogP contribution is -2.32. The largest absolute Gasteiger partial charge is 0.478 e. The number of hydrogen-bond acceptors (Lipinski definition) is 5. The molecule has 0 radical (unpaired) electrons. The predicted octanol–water partition coefficient (Wildman–Crippen LogP) is 4.12. The Hall–Kier alpha value is -3.10. The summed E-state index contributed by atoms with van der Waals surface area (Å²) in [6.07, 6.45) is 6.96. The smallest absolute Gasteiger partial charge is 0.215 e. The van der Waals surface area contributed by atoms with Gasteiger partial charge in [-0.15, -0.1) is 0 Å². The van der Waals surface area contributed by atoms with Crippen LogP contribution >= 0.6 is 0 Å². The number of unbranched alkanes of at least 4 members (excludes halogenated alkanes) is 1. The van der Waals surface area contributed by atoms with Crippen molar-refractivity contribution in [2.45, 2.75) is 25.8 Å². The first-order chi connectivity index (χ1) is 13.7. The summed E-state index contributed by atoms with van der Waals surface area (Å²) in [4.78, 5) is 6.97. The van der Waals surface area contributed by atoms with E-state index in [1.54, 1.807) is 0 Å². The van der Waals surface area contributed by atoms with Gasteiger partial charge >= 0.3 is 0 Å². The first-order valence-corrected chi connectivity index (χ1v) is 9.74. The van der Waals surface area contributed by atoms with Crippen LogP contribution in [0.25, 0.3) is 6.08 Å². The first kappa shape index (κ1) is 18.3. The highest BCUT2D eigenvalue weighted by Crippen LogP contribution is 2.25. The maximum absolute atomic E-state index is 9.24.